The van der Waals surface area contributed by atoms with Crippen LogP contribution in [0.1, 0.15) is 10.4 Å². The Labute approximate surface area is 93.6 Å². The third-order valence-electron chi connectivity index (χ3n) is 1.76. The number of alkyl halides is 3. The standard InChI is InChI=1S/C10H7F3O4/c11-10(12,13)9(16)17-5-8(15)6-1-3-7(14)4-2-6/h1-4,14H,5H2. The number of carbonyl (C=O) groups excluding carboxylic acids is 2. The van der Waals surface area contributed by atoms with Crippen molar-refractivity contribution >= 4 is 11.8 Å². The van der Waals surface area contributed by atoms with E-state index in [0.29, 0.717) is 0 Å². The van der Waals surface area contributed by atoms with Crippen molar-refractivity contribution in [3.63, 3.8) is 0 Å². The van der Waals surface area contributed by atoms with Crippen LogP contribution >= 0.6 is 0 Å². The fourth-order valence-electron chi connectivity index (χ4n) is 0.944. The van der Waals surface area contributed by atoms with E-state index in [9.17, 15) is 22.8 Å². The Morgan fingerprint density at radius 3 is 2.18 bits per heavy atom. The highest BCUT2D eigenvalue weighted by molar-refractivity contribution is 5.98. The first-order valence-electron chi connectivity index (χ1n) is 4.37. The van der Waals surface area contributed by atoms with E-state index in [2.05, 4.69) is 4.74 Å². The summed E-state index contributed by atoms with van der Waals surface area (Å²) < 4.78 is 39.0. The predicted octanol–water partition coefficient (Wildman–Crippen LogP) is 1.68. The van der Waals surface area contributed by atoms with Gasteiger partial charge in [0.15, 0.2) is 12.4 Å². The van der Waals surface area contributed by atoms with Crippen molar-refractivity contribution in [2.24, 2.45) is 0 Å². The first kappa shape index (κ1) is 13.0. The lowest BCUT2D eigenvalue weighted by atomic mass is 10.1. The third-order valence-corrected chi connectivity index (χ3v) is 1.76. The maximum Gasteiger partial charge on any atom is 0.490 e. The Kier molecular flexibility index (Phi) is 3.72. The van der Waals surface area contributed by atoms with E-state index in [1.165, 1.54) is 24.3 Å². The molecule has 0 saturated heterocycles. The zero-order valence-electron chi connectivity index (χ0n) is 8.32. The number of benzene rings is 1. The third kappa shape index (κ3) is 3.78. The fourth-order valence-corrected chi connectivity index (χ4v) is 0.944. The zero-order chi connectivity index (χ0) is 13.1. The second-order valence-electron chi connectivity index (χ2n) is 3.04. The van der Waals surface area contributed by atoms with Crippen LogP contribution in [0.4, 0.5) is 13.2 Å². The van der Waals surface area contributed by atoms with E-state index in [1.807, 2.05) is 0 Å². The number of Topliss-reactive ketones (excluding diaryl/α,β-unsaturated/α-hetero) is 1. The van der Waals surface area contributed by atoms with Crippen LogP contribution < -0.4 is 0 Å². The van der Waals surface area contributed by atoms with E-state index in [4.69, 9.17) is 5.11 Å². The molecule has 0 fully saturated rings. The Morgan fingerprint density at radius 2 is 1.71 bits per heavy atom. The van der Waals surface area contributed by atoms with Crippen LogP contribution in [0.3, 0.4) is 0 Å². The van der Waals surface area contributed by atoms with Gasteiger partial charge in [-0.2, -0.15) is 13.2 Å². The maximum atomic E-state index is 11.7. The van der Waals surface area contributed by atoms with Gasteiger partial charge in [0, 0.05) is 5.56 Å². The second-order valence-corrected chi connectivity index (χ2v) is 3.04. The molecule has 0 aliphatic rings. The van der Waals surface area contributed by atoms with Gasteiger partial charge in [-0.05, 0) is 24.3 Å². The van der Waals surface area contributed by atoms with Crippen molar-refractivity contribution in [2.45, 2.75) is 6.18 Å². The minimum Gasteiger partial charge on any atom is -0.508 e. The molecule has 0 atom stereocenters. The number of phenols is 1. The first-order chi connectivity index (χ1) is 7.80. The average molecular weight is 248 g/mol. The van der Waals surface area contributed by atoms with Gasteiger partial charge in [0.25, 0.3) is 0 Å². The molecule has 17 heavy (non-hydrogen) atoms. The van der Waals surface area contributed by atoms with Crippen LogP contribution in [0, 0.1) is 0 Å². The van der Waals surface area contributed by atoms with Gasteiger partial charge in [0.05, 0.1) is 0 Å². The quantitative estimate of drug-likeness (QED) is 0.653. The summed E-state index contributed by atoms with van der Waals surface area (Å²) in [5.41, 5.74) is 0.0396. The Hall–Kier alpha value is -2.05. The molecule has 0 aliphatic heterocycles. The summed E-state index contributed by atoms with van der Waals surface area (Å²) in [5, 5.41) is 8.92. The SMILES string of the molecule is O=C(COC(=O)C(F)(F)F)c1ccc(O)cc1. The number of esters is 1. The molecule has 0 bridgehead atoms. The molecule has 92 valence electrons. The predicted molar refractivity (Wildman–Crippen MR) is 49.5 cm³/mol. The number of hydrogen-bond acceptors (Lipinski definition) is 4. The van der Waals surface area contributed by atoms with Crippen molar-refractivity contribution in [1.82, 2.24) is 0 Å². The van der Waals surface area contributed by atoms with Crippen molar-refractivity contribution in [1.29, 1.82) is 0 Å². The summed E-state index contributed by atoms with van der Waals surface area (Å²) in [6.07, 6.45) is -5.12. The highest BCUT2D eigenvalue weighted by atomic mass is 19.4. The molecule has 1 rings (SSSR count). The summed E-state index contributed by atoms with van der Waals surface area (Å²) in [5.74, 6) is -3.29. The number of carbonyl (C=O) groups is 2. The molecular weight excluding hydrogens is 241 g/mol. The monoisotopic (exact) mass is 248 g/mol. The summed E-state index contributed by atoms with van der Waals surface area (Å²) in [4.78, 5) is 21.6. The van der Waals surface area contributed by atoms with Gasteiger partial charge in [-0.15, -0.1) is 0 Å². The Bertz CT molecular complexity index is 422. The summed E-state index contributed by atoms with van der Waals surface area (Å²) in [7, 11) is 0. The summed E-state index contributed by atoms with van der Waals surface area (Å²) >= 11 is 0. The lowest BCUT2D eigenvalue weighted by Gasteiger charge is -2.06. The number of aromatic hydroxyl groups is 1. The van der Waals surface area contributed by atoms with Crippen molar-refractivity contribution < 1.29 is 32.6 Å². The number of ketones is 1. The largest absolute Gasteiger partial charge is 0.508 e. The van der Waals surface area contributed by atoms with Gasteiger partial charge in [-0.25, -0.2) is 4.79 Å². The molecule has 0 saturated carbocycles. The Balaban J connectivity index is 2.56. The van der Waals surface area contributed by atoms with E-state index >= 15 is 0 Å². The molecule has 1 N–H and O–H groups in total. The van der Waals surface area contributed by atoms with E-state index in [0.717, 1.165) is 0 Å². The van der Waals surface area contributed by atoms with Crippen LogP contribution in [-0.2, 0) is 9.53 Å². The molecule has 0 spiro atoms. The van der Waals surface area contributed by atoms with Crippen molar-refractivity contribution in [2.75, 3.05) is 6.61 Å². The molecule has 0 amide bonds. The van der Waals surface area contributed by atoms with Crippen molar-refractivity contribution in [3.8, 4) is 5.75 Å². The molecule has 0 unspecified atom stereocenters. The maximum absolute atomic E-state index is 11.7. The molecule has 0 aliphatic carbocycles. The van der Waals surface area contributed by atoms with Gasteiger partial charge in [-0.3, -0.25) is 4.79 Å². The number of halogens is 3. The van der Waals surface area contributed by atoms with Crippen LogP contribution in [0.15, 0.2) is 24.3 Å². The summed E-state index contributed by atoms with van der Waals surface area (Å²) in [6, 6.07) is 4.80. The normalized spacial score (nSPS) is 11.0. The van der Waals surface area contributed by atoms with Crippen molar-refractivity contribution in [3.05, 3.63) is 29.8 Å². The van der Waals surface area contributed by atoms with Gasteiger partial charge >= 0.3 is 12.1 Å². The van der Waals surface area contributed by atoms with E-state index in [-0.39, 0.29) is 11.3 Å². The molecule has 1 aromatic carbocycles. The molecule has 0 heterocycles. The number of rotatable bonds is 3. The fraction of sp³-hybridized carbons (Fsp3) is 0.200. The molecule has 7 heteroatoms. The van der Waals surface area contributed by atoms with E-state index in [1.54, 1.807) is 0 Å². The molecule has 0 aromatic heterocycles. The number of hydrogen-bond donors (Lipinski definition) is 1. The Morgan fingerprint density at radius 1 is 1.18 bits per heavy atom. The highest BCUT2D eigenvalue weighted by Crippen LogP contribution is 2.17. The molecule has 4 nitrogen and oxygen atoms in total. The van der Waals surface area contributed by atoms with Gasteiger partial charge in [0.1, 0.15) is 5.75 Å². The van der Waals surface area contributed by atoms with Gasteiger partial charge in [0.2, 0.25) is 0 Å². The molecule has 1 aromatic rings. The van der Waals surface area contributed by atoms with Crippen LogP contribution in [0.2, 0.25) is 0 Å². The lowest BCUT2D eigenvalue weighted by molar-refractivity contribution is -0.198. The topological polar surface area (TPSA) is 63.6 Å². The van der Waals surface area contributed by atoms with Crippen LogP contribution in [-0.4, -0.2) is 29.6 Å². The molecular formula is C10H7F3O4. The second kappa shape index (κ2) is 4.86. The van der Waals surface area contributed by atoms with Crippen LogP contribution in [0.5, 0.6) is 5.75 Å². The number of phenolic OH excluding ortho intramolecular Hbond substituents is 1. The van der Waals surface area contributed by atoms with Gasteiger partial charge < -0.3 is 9.84 Å². The first-order valence-corrected chi connectivity index (χ1v) is 4.37. The minimum absolute atomic E-state index is 0.0396. The molecule has 0 radical (unpaired) electrons. The number of ether oxygens (including phenoxy) is 1. The minimum atomic E-state index is -5.12. The lowest BCUT2D eigenvalue weighted by Crippen LogP contribution is -2.27. The van der Waals surface area contributed by atoms with Gasteiger partial charge in [-0.1, -0.05) is 0 Å². The zero-order valence-corrected chi connectivity index (χ0v) is 8.32. The van der Waals surface area contributed by atoms with Crippen LogP contribution in [0.25, 0.3) is 0 Å². The summed E-state index contributed by atoms with van der Waals surface area (Å²) in [6.45, 7) is -0.997. The van der Waals surface area contributed by atoms with E-state index < -0.39 is 24.5 Å². The smallest absolute Gasteiger partial charge is 0.490 e. The highest BCUT2D eigenvalue weighted by Gasteiger charge is 2.41. The average Bonchev–Trinajstić information content (AvgIpc) is 2.25.